The molecule has 0 atom stereocenters. The Balaban J connectivity index is 1.43. The highest BCUT2D eigenvalue weighted by Gasteiger charge is 2.10. The van der Waals surface area contributed by atoms with Gasteiger partial charge < -0.3 is 15.5 Å². The summed E-state index contributed by atoms with van der Waals surface area (Å²) in [5, 5.41) is 13.0. The Morgan fingerprint density at radius 2 is 1.91 bits per heavy atom. The third kappa shape index (κ3) is 7.17. The van der Waals surface area contributed by atoms with Crippen molar-refractivity contribution in [3.8, 4) is 11.3 Å². The van der Waals surface area contributed by atoms with Gasteiger partial charge in [-0.25, -0.2) is 9.18 Å². The summed E-state index contributed by atoms with van der Waals surface area (Å²) in [6.07, 6.45) is 2.35. The van der Waals surface area contributed by atoms with E-state index < -0.39 is 0 Å². The van der Waals surface area contributed by atoms with Crippen molar-refractivity contribution in [2.24, 2.45) is 0 Å². The van der Waals surface area contributed by atoms with E-state index in [1.807, 2.05) is 31.2 Å². The third-order valence-corrected chi connectivity index (χ3v) is 5.21. The minimum Gasteiger partial charge on any atom is -0.352 e. The maximum absolute atomic E-state index is 13.4. The molecule has 0 aliphatic rings. The van der Waals surface area contributed by atoms with Crippen molar-refractivity contribution in [3.63, 3.8) is 0 Å². The van der Waals surface area contributed by atoms with Gasteiger partial charge in [0, 0.05) is 43.5 Å². The number of hydrogen-bond acceptors (Lipinski definition) is 3. The van der Waals surface area contributed by atoms with Crippen LogP contribution in [0.15, 0.2) is 54.6 Å². The third-order valence-electron chi connectivity index (χ3n) is 5.21. The first kappa shape index (κ1) is 24.0. The van der Waals surface area contributed by atoms with E-state index in [1.165, 1.54) is 12.1 Å². The molecule has 0 radical (unpaired) electrons. The maximum Gasteiger partial charge on any atom is 0.317 e. The first-order valence-corrected chi connectivity index (χ1v) is 11.1. The normalized spacial score (nSPS) is 10.6. The molecule has 1 aromatic heterocycles. The van der Waals surface area contributed by atoms with Crippen molar-refractivity contribution in [1.29, 1.82) is 0 Å². The molecule has 33 heavy (non-hydrogen) atoms. The van der Waals surface area contributed by atoms with Gasteiger partial charge in [0.25, 0.3) is 5.91 Å². The van der Waals surface area contributed by atoms with Gasteiger partial charge in [-0.15, -0.1) is 0 Å². The fourth-order valence-corrected chi connectivity index (χ4v) is 3.37. The van der Waals surface area contributed by atoms with E-state index in [9.17, 15) is 14.0 Å². The van der Waals surface area contributed by atoms with Gasteiger partial charge in [0.05, 0.1) is 5.69 Å². The Morgan fingerprint density at radius 1 is 1.09 bits per heavy atom. The van der Waals surface area contributed by atoms with Crippen LogP contribution >= 0.6 is 0 Å². The summed E-state index contributed by atoms with van der Waals surface area (Å²) in [4.78, 5) is 26.2. The molecular formula is C25H30FN5O2. The monoisotopic (exact) mass is 451 g/mol. The Kier molecular flexibility index (Phi) is 8.57. The molecule has 0 unspecified atom stereocenters. The summed E-state index contributed by atoms with van der Waals surface area (Å²) < 4.78 is 13.4. The predicted molar refractivity (Wildman–Crippen MR) is 126 cm³/mol. The van der Waals surface area contributed by atoms with Crippen molar-refractivity contribution in [1.82, 2.24) is 25.7 Å². The lowest BCUT2D eigenvalue weighted by Crippen LogP contribution is -2.37. The summed E-state index contributed by atoms with van der Waals surface area (Å²) in [7, 11) is 1.75. The molecule has 8 heteroatoms. The van der Waals surface area contributed by atoms with Gasteiger partial charge in [0.1, 0.15) is 5.82 Å². The molecule has 0 bridgehead atoms. The number of rotatable bonds is 10. The topological polar surface area (TPSA) is 90.1 Å². The highest BCUT2D eigenvalue weighted by molar-refractivity contribution is 5.94. The van der Waals surface area contributed by atoms with Gasteiger partial charge >= 0.3 is 6.03 Å². The molecule has 7 nitrogen and oxygen atoms in total. The van der Waals surface area contributed by atoms with E-state index in [0.717, 1.165) is 36.1 Å². The molecule has 0 aliphatic carbocycles. The predicted octanol–water partition coefficient (Wildman–Crippen LogP) is 4.13. The fraction of sp³-hybridized carbons (Fsp3) is 0.320. The number of aryl methyl sites for hydroxylation is 1. The summed E-state index contributed by atoms with van der Waals surface area (Å²) in [6, 6.07) is 15.3. The average molecular weight is 452 g/mol. The van der Waals surface area contributed by atoms with Gasteiger partial charge in [-0.2, -0.15) is 5.10 Å². The Morgan fingerprint density at radius 3 is 2.70 bits per heavy atom. The van der Waals surface area contributed by atoms with E-state index in [1.54, 1.807) is 30.1 Å². The Labute approximate surface area is 193 Å². The van der Waals surface area contributed by atoms with Gasteiger partial charge in [0.2, 0.25) is 0 Å². The quantitative estimate of drug-likeness (QED) is 0.433. The zero-order valence-electron chi connectivity index (χ0n) is 19.0. The molecule has 0 fully saturated rings. The molecule has 0 saturated carbocycles. The number of urea groups is 1. The molecule has 3 aromatic rings. The molecule has 0 spiro atoms. The van der Waals surface area contributed by atoms with Crippen LogP contribution in [0.2, 0.25) is 0 Å². The van der Waals surface area contributed by atoms with Crippen LogP contribution in [0.5, 0.6) is 0 Å². The molecule has 0 aliphatic heterocycles. The lowest BCUT2D eigenvalue weighted by molar-refractivity contribution is 0.0953. The van der Waals surface area contributed by atoms with Crippen LogP contribution < -0.4 is 10.6 Å². The largest absolute Gasteiger partial charge is 0.352 e. The van der Waals surface area contributed by atoms with Crippen molar-refractivity contribution in [2.75, 3.05) is 20.1 Å². The van der Waals surface area contributed by atoms with Crippen LogP contribution in [-0.4, -0.2) is 47.2 Å². The lowest BCUT2D eigenvalue weighted by atomic mass is 10.1. The highest BCUT2D eigenvalue weighted by Crippen LogP contribution is 2.19. The molecular weight excluding hydrogens is 421 g/mol. The number of aromatic nitrogens is 2. The SMILES string of the molecule is CCCNC(=O)c1cccc(CNC(=O)N(C)CCCc2cc(-c3cccc(F)c3)n[nH]2)c1. The summed E-state index contributed by atoms with van der Waals surface area (Å²) in [5.74, 6) is -0.405. The number of halogens is 1. The number of amides is 3. The number of nitrogens with one attached hydrogen (secondary N) is 3. The number of hydrogen-bond donors (Lipinski definition) is 3. The van der Waals surface area contributed by atoms with Crippen LogP contribution in [0.4, 0.5) is 9.18 Å². The zero-order valence-corrected chi connectivity index (χ0v) is 19.0. The van der Waals surface area contributed by atoms with Crippen molar-refractivity contribution in [2.45, 2.75) is 32.7 Å². The average Bonchev–Trinajstić information content (AvgIpc) is 3.30. The van der Waals surface area contributed by atoms with Gasteiger partial charge in [-0.1, -0.05) is 31.2 Å². The molecule has 3 N–H and O–H groups in total. The minimum absolute atomic E-state index is 0.110. The first-order valence-electron chi connectivity index (χ1n) is 11.1. The number of benzene rings is 2. The fourth-order valence-electron chi connectivity index (χ4n) is 3.37. The number of nitrogens with zero attached hydrogens (tertiary/aromatic N) is 2. The van der Waals surface area contributed by atoms with Gasteiger partial charge in [-0.05, 0) is 55.2 Å². The van der Waals surface area contributed by atoms with E-state index in [4.69, 9.17) is 0 Å². The van der Waals surface area contributed by atoms with E-state index in [-0.39, 0.29) is 17.8 Å². The highest BCUT2D eigenvalue weighted by atomic mass is 19.1. The second kappa shape index (κ2) is 11.8. The molecule has 3 rings (SSSR count). The van der Waals surface area contributed by atoms with E-state index in [2.05, 4.69) is 20.8 Å². The van der Waals surface area contributed by atoms with Crippen molar-refractivity contribution in [3.05, 3.63) is 77.2 Å². The summed E-state index contributed by atoms with van der Waals surface area (Å²) in [6.45, 7) is 3.55. The second-order valence-corrected chi connectivity index (χ2v) is 7.93. The Hall–Kier alpha value is -3.68. The van der Waals surface area contributed by atoms with Crippen LogP contribution in [-0.2, 0) is 13.0 Å². The van der Waals surface area contributed by atoms with Crippen LogP contribution in [0.3, 0.4) is 0 Å². The molecule has 2 aromatic carbocycles. The van der Waals surface area contributed by atoms with Crippen LogP contribution in [0.1, 0.15) is 41.4 Å². The Bertz CT molecular complexity index is 1080. The van der Waals surface area contributed by atoms with E-state index >= 15 is 0 Å². The number of aromatic amines is 1. The molecule has 1 heterocycles. The second-order valence-electron chi connectivity index (χ2n) is 7.93. The van der Waals surface area contributed by atoms with Gasteiger partial charge in [-0.3, -0.25) is 9.89 Å². The number of carbonyl (C=O) groups excluding carboxylic acids is 2. The summed E-state index contributed by atoms with van der Waals surface area (Å²) >= 11 is 0. The minimum atomic E-state index is -0.295. The lowest BCUT2D eigenvalue weighted by Gasteiger charge is -2.18. The van der Waals surface area contributed by atoms with E-state index in [0.29, 0.717) is 30.9 Å². The van der Waals surface area contributed by atoms with Crippen molar-refractivity contribution < 1.29 is 14.0 Å². The van der Waals surface area contributed by atoms with Gasteiger partial charge in [0.15, 0.2) is 0 Å². The smallest absolute Gasteiger partial charge is 0.317 e. The van der Waals surface area contributed by atoms with Crippen molar-refractivity contribution >= 4 is 11.9 Å². The number of H-pyrrole nitrogens is 1. The molecule has 174 valence electrons. The zero-order chi connectivity index (χ0) is 23.6. The maximum atomic E-state index is 13.4. The molecule has 3 amide bonds. The van der Waals surface area contributed by atoms with Crippen LogP contribution in [0.25, 0.3) is 11.3 Å². The number of carbonyl (C=O) groups is 2. The standard InChI is InChI=1S/C25H30FN5O2/c1-3-12-27-24(32)20-9-4-7-18(14-20)17-28-25(33)31(2)13-6-11-22-16-23(30-29-22)19-8-5-10-21(26)15-19/h4-5,7-10,14-16H,3,6,11-13,17H2,1-2H3,(H,27,32)(H,28,33)(H,29,30). The summed E-state index contributed by atoms with van der Waals surface area (Å²) in [5.41, 5.74) is 3.80. The first-order chi connectivity index (χ1) is 16.0. The van der Waals surface area contributed by atoms with Crippen LogP contribution in [0, 0.1) is 5.82 Å². The molecule has 0 saturated heterocycles.